The van der Waals surface area contributed by atoms with Crippen molar-refractivity contribution in [1.82, 2.24) is 4.57 Å². The lowest BCUT2D eigenvalue weighted by Gasteiger charge is -2.04. The van der Waals surface area contributed by atoms with Crippen molar-refractivity contribution in [3.05, 3.63) is 62.0 Å². The summed E-state index contributed by atoms with van der Waals surface area (Å²) in [7, 11) is 0. The molecular weight excluding hydrogens is 386 g/mol. The number of nitro groups is 1. The summed E-state index contributed by atoms with van der Waals surface area (Å²) in [6.07, 6.45) is 8.93. The molecule has 0 fully saturated rings. The van der Waals surface area contributed by atoms with Crippen LogP contribution in [0.5, 0.6) is 0 Å². The number of fused-ring (bicyclic) bond motifs is 1. The molecule has 0 amide bonds. The number of hydrogen-bond donors (Lipinski definition) is 0. The van der Waals surface area contributed by atoms with Crippen molar-refractivity contribution in [3.63, 3.8) is 0 Å². The second kappa shape index (κ2) is 9.30. The van der Waals surface area contributed by atoms with Gasteiger partial charge in [-0.1, -0.05) is 26.2 Å². The minimum Gasteiger partial charge on any atom is -0.347 e. The molecule has 7 heteroatoms. The first-order chi connectivity index (χ1) is 14.1. The normalized spacial score (nSPS) is 11.5. The van der Waals surface area contributed by atoms with Crippen LogP contribution >= 0.6 is 11.3 Å². The number of hydrogen-bond acceptors (Lipinski definition) is 5. The molecule has 0 aliphatic heterocycles. The number of nitro benzene ring substituents is 1. The third-order valence-corrected chi connectivity index (χ3v) is 5.83. The molecule has 0 bridgehead atoms. The van der Waals surface area contributed by atoms with E-state index < -0.39 is 4.92 Å². The van der Waals surface area contributed by atoms with E-state index in [1.165, 1.54) is 23.8 Å². The number of unbranched alkanes of at least 4 members (excludes halogenated alkanes) is 3. The number of aryl methyl sites for hydroxylation is 1. The largest absolute Gasteiger partial charge is 0.347 e. The summed E-state index contributed by atoms with van der Waals surface area (Å²) in [4.78, 5) is 23.0. The molecule has 3 rings (SSSR count). The Kier molecular flexibility index (Phi) is 6.57. The molecular formula is C22H21N3O3S. The van der Waals surface area contributed by atoms with E-state index in [4.69, 9.17) is 0 Å². The average Bonchev–Trinajstić information content (AvgIpc) is 3.34. The summed E-state index contributed by atoms with van der Waals surface area (Å²) < 4.78 is 2.10. The molecule has 1 aromatic carbocycles. The Labute approximate surface area is 172 Å². The van der Waals surface area contributed by atoms with Crippen molar-refractivity contribution in [2.45, 2.75) is 39.2 Å². The Balaban J connectivity index is 2.06. The number of carbonyl (C=O) groups is 1. The SMILES string of the molecule is CCCCCCn1cc(/C=C(\C#N)c2ccc(C=O)s2)c2cc([N+](=O)[O-])ccc21. The van der Waals surface area contributed by atoms with Crippen molar-refractivity contribution in [1.29, 1.82) is 5.26 Å². The van der Waals surface area contributed by atoms with Gasteiger partial charge < -0.3 is 4.57 Å². The third-order valence-electron chi connectivity index (χ3n) is 4.79. The third kappa shape index (κ3) is 4.61. The van der Waals surface area contributed by atoms with Crippen LogP contribution < -0.4 is 0 Å². The van der Waals surface area contributed by atoms with Gasteiger partial charge in [0.25, 0.3) is 5.69 Å². The molecule has 0 aliphatic rings. The molecule has 29 heavy (non-hydrogen) atoms. The van der Waals surface area contributed by atoms with Gasteiger partial charge in [0, 0.05) is 46.2 Å². The van der Waals surface area contributed by atoms with Crippen molar-refractivity contribution in [2.75, 3.05) is 0 Å². The minimum atomic E-state index is -0.410. The van der Waals surface area contributed by atoms with Crippen LogP contribution in [0.15, 0.2) is 36.5 Å². The Morgan fingerprint density at radius 2 is 2.10 bits per heavy atom. The van der Waals surface area contributed by atoms with Crippen molar-refractivity contribution in [3.8, 4) is 6.07 Å². The van der Waals surface area contributed by atoms with Gasteiger partial charge in [-0.05, 0) is 30.7 Å². The molecule has 0 aliphatic carbocycles. The lowest BCUT2D eigenvalue weighted by atomic mass is 10.1. The molecule has 0 saturated heterocycles. The highest BCUT2D eigenvalue weighted by Gasteiger charge is 2.14. The van der Waals surface area contributed by atoms with Crippen molar-refractivity contribution < 1.29 is 9.72 Å². The van der Waals surface area contributed by atoms with Crippen LogP contribution in [-0.2, 0) is 6.54 Å². The maximum absolute atomic E-state index is 11.2. The molecule has 6 nitrogen and oxygen atoms in total. The number of thiophene rings is 1. The number of nitrogens with zero attached hydrogens (tertiary/aromatic N) is 3. The number of carbonyl (C=O) groups excluding carboxylic acids is 1. The molecule has 148 valence electrons. The molecule has 0 unspecified atom stereocenters. The molecule has 0 radical (unpaired) electrons. The second-order valence-corrected chi connectivity index (χ2v) is 7.90. The number of allylic oxidation sites excluding steroid dienone is 1. The van der Waals surface area contributed by atoms with Gasteiger partial charge in [0.1, 0.15) is 6.07 Å². The highest BCUT2D eigenvalue weighted by Crippen LogP contribution is 2.31. The Hall–Kier alpha value is -3.24. The molecule has 0 saturated carbocycles. The summed E-state index contributed by atoms with van der Waals surface area (Å²) in [5, 5.41) is 21.6. The zero-order chi connectivity index (χ0) is 20.8. The standard InChI is InChI=1S/C22H21N3O3S/c1-2-3-4-5-10-24-14-17(20-12-18(25(27)28)6-8-21(20)24)11-16(13-23)22-9-7-19(15-26)29-22/h6-9,11-12,14-15H,2-5,10H2,1H3/b16-11+. The van der Waals surface area contributed by atoms with Gasteiger partial charge in [0.2, 0.25) is 0 Å². The lowest BCUT2D eigenvalue weighted by Crippen LogP contribution is -1.96. The summed E-state index contributed by atoms with van der Waals surface area (Å²) in [6.45, 7) is 2.98. The molecule has 0 N–H and O–H groups in total. The summed E-state index contributed by atoms with van der Waals surface area (Å²) in [5.41, 5.74) is 2.13. The second-order valence-electron chi connectivity index (χ2n) is 6.79. The lowest BCUT2D eigenvalue weighted by molar-refractivity contribution is -0.384. The zero-order valence-corrected chi connectivity index (χ0v) is 16.9. The highest BCUT2D eigenvalue weighted by atomic mass is 32.1. The van der Waals surface area contributed by atoms with Crippen LogP contribution in [0.3, 0.4) is 0 Å². The first kappa shape index (κ1) is 20.5. The van der Waals surface area contributed by atoms with Crippen LogP contribution in [0.4, 0.5) is 5.69 Å². The smallest absolute Gasteiger partial charge is 0.270 e. The van der Waals surface area contributed by atoms with Gasteiger partial charge in [-0.2, -0.15) is 5.26 Å². The zero-order valence-electron chi connectivity index (χ0n) is 16.1. The van der Waals surface area contributed by atoms with Crippen LogP contribution in [0.1, 0.15) is 52.7 Å². The molecule has 3 aromatic rings. The summed E-state index contributed by atoms with van der Waals surface area (Å²) >= 11 is 1.25. The Bertz CT molecular complexity index is 1120. The number of benzene rings is 1. The van der Waals surface area contributed by atoms with Gasteiger partial charge in [-0.15, -0.1) is 11.3 Å². The molecule has 2 heterocycles. The monoisotopic (exact) mass is 407 g/mol. The van der Waals surface area contributed by atoms with Gasteiger partial charge in [0.05, 0.1) is 15.4 Å². The maximum atomic E-state index is 11.2. The molecule has 0 spiro atoms. The van der Waals surface area contributed by atoms with E-state index in [9.17, 15) is 20.2 Å². The van der Waals surface area contributed by atoms with E-state index in [2.05, 4.69) is 17.6 Å². The highest BCUT2D eigenvalue weighted by molar-refractivity contribution is 7.14. The first-order valence-corrected chi connectivity index (χ1v) is 10.3. The van der Waals surface area contributed by atoms with E-state index in [0.29, 0.717) is 15.3 Å². The topological polar surface area (TPSA) is 88.9 Å². The van der Waals surface area contributed by atoms with Crippen LogP contribution in [0.2, 0.25) is 0 Å². The number of aldehydes is 1. The molecule has 0 atom stereocenters. The fraction of sp³-hybridized carbons (Fsp3) is 0.273. The Morgan fingerprint density at radius 3 is 2.76 bits per heavy atom. The Morgan fingerprint density at radius 1 is 1.28 bits per heavy atom. The quantitative estimate of drug-likeness (QED) is 0.142. The van der Waals surface area contributed by atoms with E-state index in [1.54, 1.807) is 30.3 Å². The van der Waals surface area contributed by atoms with E-state index in [-0.39, 0.29) is 5.69 Å². The maximum Gasteiger partial charge on any atom is 0.270 e. The average molecular weight is 407 g/mol. The first-order valence-electron chi connectivity index (χ1n) is 9.51. The van der Waals surface area contributed by atoms with Gasteiger partial charge >= 0.3 is 0 Å². The minimum absolute atomic E-state index is 0.0220. The number of aromatic nitrogens is 1. The number of non-ortho nitro benzene ring substituents is 1. The van der Waals surface area contributed by atoms with Crippen LogP contribution in [0.25, 0.3) is 22.6 Å². The summed E-state index contributed by atoms with van der Waals surface area (Å²) in [5.74, 6) is 0. The predicted molar refractivity (Wildman–Crippen MR) is 116 cm³/mol. The fourth-order valence-corrected chi connectivity index (χ4v) is 4.10. The van der Waals surface area contributed by atoms with E-state index >= 15 is 0 Å². The van der Waals surface area contributed by atoms with Crippen LogP contribution in [-0.4, -0.2) is 15.8 Å². The van der Waals surface area contributed by atoms with Crippen molar-refractivity contribution >= 4 is 45.9 Å². The number of rotatable bonds is 9. The predicted octanol–water partition coefficient (Wildman–Crippen LogP) is 6.07. The van der Waals surface area contributed by atoms with Gasteiger partial charge in [0.15, 0.2) is 6.29 Å². The van der Waals surface area contributed by atoms with E-state index in [1.807, 2.05) is 6.20 Å². The van der Waals surface area contributed by atoms with Gasteiger partial charge in [-0.25, -0.2) is 0 Å². The van der Waals surface area contributed by atoms with Crippen LogP contribution in [0, 0.1) is 21.4 Å². The van der Waals surface area contributed by atoms with Crippen molar-refractivity contribution in [2.24, 2.45) is 0 Å². The molecule has 2 aromatic heterocycles. The van der Waals surface area contributed by atoms with Gasteiger partial charge in [-0.3, -0.25) is 14.9 Å². The number of nitriles is 1. The van der Waals surface area contributed by atoms with E-state index in [0.717, 1.165) is 48.6 Å². The fourth-order valence-electron chi connectivity index (χ4n) is 3.31. The summed E-state index contributed by atoms with van der Waals surface area (Å²) in [6, 6.07) is 10.5.